The Morgan fingerprint density at radius 3 is 2.24 bits per heavy atom. The van der Waals surface area contributed by atoms with Crippen LogP contribution in [0.25, 0.3) is 0 Å². The van der Waals surface area contributed by atoms with E-state index in [1.165, 1.54) is 33.4 Å². The van der Waals surface area contributed by atoms with E-state index in [-0.39, 0.29) is 10.8 Å². The summed E-state index contributed by atoms with van der Waals surface area (Å²) in [5, 5.41) is 0. The van der Waals surface area contributed by atoms with Gasteiger partial charge in [0.2, 0.25) is 0 Å². The average molecular weight is 333 g/mol. The third-order valence-electron chi connectivity index (χ3n) is 5.90. The molecule has 0 bridgehead atoms. The van der Waals surface area contributed by atoms with Gasteiger partial charge in [0.15, 0.2) is 0 Å². The summed E-state index contributed by atoms with van der Waals surface area (Å²) in [5.41, 5.74) is 9.10. The first-order chi connectivity index (χ1) is 11.6. The largest absolute Gasteiger partial charge is 0.0991 e. The minimum absolute atomic E-state index is 0.0348. The predicted molar refractivity (Wildman–Crippen MR) is 112 cm³/mol. The molecular weight excluding hydrogens is 300 g/mol. The Hall–Kier alpha value is -2.08. The molecule has 2 aliphatic carbocycles. The van der Waals surface area contributed by atoms with Crippen molar-refractivity contribution in [3.05, 3.63) is 95.2 Å². The molecule has 0 aromatic rings. The normalized spacial score (nSPS) is 29.9. The van der Waals surface area contributed by atoms with Crippen LogP contribution in [-0.2, 0) is 0 Å². The molecule has 0 spiro atoms. The highest BCUT2D eigenvalue weighted by atomic mass is 14.4. The zero-order valence-corrected chi connectivity index (χ0v) is 16.8. The van der Waals surface area contributed by atoms with Crippen LogP contribution < -0.4 is 0 Å². The number of hydrogen-bond donors (Lipinski definition) is 0. The van der Waals surface area contributed by atoms with Crippen molar-refractivity contribution < 1.29 is 0 Å². The van der Waals surface area contributed by atoms with Gasteiger partial charge in [-0.1, -0.05) is 89.5 Å². The second kappa shape index (κ2) is 6.67. The van der Waals surface area contributed by atoms with Crippen LogP contribution in [0.2, 0.25) is 0 Å². The highest BCUT2D eigenvalue weighted by Crippen LogP contribution is 2.54. The van der Waals surface area contributed by atoms with E-state index in [4.69, 9.17) is 0 Å². The molecule has 0 aliphatic heterocycles. The maximum absolute atomic E-state index is 4.30. The molecule has 0 aromatic carbocycles. The molecule has 2 aliphatic rings. The number of allylic oxidation sites excluding steroid dienone is 13. The molecule has 0 heterocycles. The summed E-state index contributed by atoms with van der Waals surface area (Å²) in [6.45, 7) is 25.9. The highest BCUT2D eigenvalue weighted by Gasteiger charge is 2.41. The third kappa shape index (κ3) is 3.11. The van der Waals surface area contributed by atoms with Gasteiger partial charge < -0.3 is 0 Å². The van der Waals surface area contributed by atoms with Gasteiger partial charge in [0.25, 0.3) is 0 Å². The Labute approximate surface area is 154 Å². The first kappa shape index (κ1) is 19.2. The van der Waals surface area contributed by atoms with Crippen LogP contribution in [-0.4, -0.2) is 0 Å². The summed E-state index contributed by atoms with van der Waals surface area (Å²) >= 11 is 0. The van der Waals surface area contributed by atoms with Gasteiger partial charge in [0, 0.05) is 5.41 Å². The van der Waals surface area contributed by atoms with Crippen LogP contribution in [0.1, 0.15) is 48.0 Å². The first-order valence-corrected chi connectivity index (χ1v) is 9.06. The highest BCUT2D eigenvalue weighted by molar-refractivity contribution is 5.66. The summed E-state index contributed by atoms with van der Waals surface area (Å²) in [6, 6.07) is 0. The Bertz CT molecular complexity index is 780. The quantitative estimate of drug-likeness (QED) is 0.493. The van der Waals surface area contributed by atoms with Gasteiger partial charge in [-0.15, -0.1) is 0 Å². The van der Waals surface area contributed by atoms with Crippen molar-refractivity contribution in [1.29, 1.82) is 0 Å². The van der Waals surface area contributed by atoms with Gasteiger partial charge in [-0.05, 0) is 59.1 Å². The molecule has 0 heteroatoms. The van der Waals surface area contributed by atoms with E-state index in [0.717, 1.165) is 12.0 Å². The van der Waals surface area contributed by atoms with E-state index in [2.05, 4.69) is 85.6 Å². The molecule has 2 rings (SSSR count). The van der Waals surface area contributed by atoms with Crippen molar-refractivity contribution in [3.8, 4) is 0 Å². The number of hydrogen-bond acceptors (Lipinski definition) is 0. The van der Waals surface area contributed by atoms with E-state index >= 15 is 0 Å². The molecule has 0 radical (unpaired) electrons. The predicted octanol–water partition coefficient (Wildman–Crippen LogP) is 7.43. The van der Waals surface area contributed by atoms with Crippen molar-refractivity contribution in [2.45, 2.75) is 48.0 Å². The van der Waals surface area contributed by atoms with Gasteiger partial charge in [-0.3, -0.25) is 0 Å². The molecule has 0 saturated heterocycles. The van der Waals surface area contributed by atoms with E-state index < -0.39 is 0 Å². The summed E-state index contributed by atoms with van der Waals surface area (Å²) in [4.78, 5) is 0. The SMILES string of the molecule is C=C/C=C1\C(=C/C)C2=C(/C=C\C(=C)/C(C=C)=C(/C)C(C)(C)C2)C1(C)C. The van der Waals surface area contributed by atoms with Crippen molar-refractivity contribution in [3.63, 3.8) is 0 Å². The van der Waals surface area contributed by atoms with Gasteiger partial charge >= 0.3 is 0 Å². The van der Waals surface area contributed by atoms with Gasteiger partial charge in [0.1, 0.15) is 0 Å². The van der Waals surface area contributed by atoms with Crippen molar-refractivity contribution in [1.82, 2.24) is 0 Å². The molecule has 0 aromatic heterocycles. The van der Waals surface area contributed by atoms with Crippen LogP contribution in [0.4, 0.5) is 0 Å². The van der Waals surface area contributed by atoms with Crippen LogP contribution in [0, 0.1) is 10.8 Å². The molecule has 0 fully saturated rings. The fourth-order valence-electron chi connectivity index (χ4n) is 4.15. The topological polar surface area (TPSA) is 0 Å². The van der Waals surface area contributed by atoms with Crippen LogP contribution in [0.15, 0.2) is 95.2 Å². The fourth-order valence-corrected chi connectivity index (χ4v) is 4.15. The van der Waals surface area contributed by atoms with Crippen molar-refractivity contribution in [2.24, 2.45) is 10.8 Å². The smallest absolute Gasteiger partial charge is 0.0155 e. The lowest BCUT2D eigenvalue weighted by Crippen LogP contribution is -2.16. The lowest BCUT2D eigenvalue weighted by Gasteiger charge is -2.29. The molecule has 0 unspecified atom stereocenters. The number of rotatable bonds is 2. The molecule has 0 atom stereocenters. The zero-order chi connectivity index (χ0) is 19.0. The minimum Gasteiger partial charge on any atom is -0.0991 e. The Morgan fingerprint density at radius 2 is 1.72 bits per heavy atom. The summed E-state index contributed by atoms with van der Waals surface area (Å²) in [5.74, 6) is 0. The molecule has 0 amide bonds. The summed E-state index contributed by atoms with van der Waals surface area (Å²) < 4.78 is 0. The van der Waals surface area contributed by atoms with Crippen LogP contribution in [0.3, 0.4) is 0 Å². The lowest BCUT2D eigenvalue weighted by atomic mass is 9.75. The second-order valence-electron chi connectivity index (χ2n) is 8.20. The average Bonchev–Trinajstić information content (AvgIpc) is 2.73. The molecule has 0 saturated carbocycles. The van der Waals surface area contributed by atoms with E-state index in [9.17, 15) is 0 Å². The van der Waals surface area contributed by atoms with Crippen molar-refractivity contribution >= 4 is 0 Å². The summed E-state index contributed by atoms with van der Waals surface area (Å²) in [6.07, 6.45) is 13.7. The molecule has 25 heavy (non-hydrogen) atoms. The van der Waals surface area contributed by atoms with Gasteiger partial charge in [-0.25, -0.2) is 0 Å². The molecule has 132 valence electrons. The standard InChI is InChI=1S/C25H32/c1-10-13-22-20(12-3)21-16-24(6,7)18(5)19(11-2)17(4)14-15-23(21)25(22,8)9/h10-15H,1-2,4,16H2,3,5-9H3/b15-14-,19-18-,20-12-,22-13+. The van der Waals surface area contributed by atoms with E-state index in [0.29, 0.717) is 0 Å². The van der Waals surface area contributed by atoms with Crippen molar-refractivity contribution in [2.75, 3.05) is 0 Å². The minimum atomic E-state index is -0.0369. The second-order valence-corrected chi connectivity index (χ2v) is 8.20. The van der Waals surface area contributed by atoms with E-state index in [1.54, 1.807) is 0 Å². The molecule has 0 nitrogen and oxygen atoms in total. The van der Waals surface area contributed by atoms with Crippen LogP contribution >= 0.6 is 0 Å². The van der Waals surface area contributed by atoms with Gasteiger partial charge in [-0.2, -0.15) is 0 Å². The molecular formula is C25H32. The van der Waals surface area contributed by atoms with Crippen LogP contribution in [0.5, 0.6) is 0 Å². The Morgan fingerprint density at radius 1 is 1.08 bits per heavy atom. The maximum Gasteiger partial charge on any atom is 0.0155 e. The zero-order valence-electron chi connectivity index (χ0n) is 16.8. The monoisotopic (exact) mass is 332 g/mol. The Balaban J connectivity index is 2.79. The lowest BCUT2D eigenvalue weighted by molar-refractivity contribution is 0.441. The molecule has 0 N–H and O–H groups in total. The third-order valence-corrected chi connectivity index (χ3v) is 5.90. The van der Waals surface area contributed by atoms with E-state index in [1.807, 2.05) is 12.2 Å². The summed E-state index contributed by atoms with van der Waals surface area (Å²) in [7, 11) is 0. The fraction of sp³-hybridized carbons (Fsp3) is 0.360. The Kier molecular flexibility index (Phi) is 5.14. The van der Waals surface area contributed by atoms with Gasteiger partial charge in [0.05, 0.1) is 0 Å². The first-order valence-electron chi connectivity index (χ1n) is 9.06. The maximum atomic E-state index is 4.30.